The van der Waals surface area contributed by atoms with Crippen LogP contribution < -0.4 is 5.32 Å². The van der Waals surface area contributed by atoms with Gasteiger partial charge in [0.1, 0.15) is 0 Å². The first-order chi connectivity index (χ1) is 9.16. The summed E-state index contributed by atoms with van der Waals surface area (Å²) in [5.74, 6) is 0.813. The molecule has 2 rings (SSSR count). The molecule has 0 saturated heterocycles. The molecule has 1 aromatic rings. The standard InChI is InChI=1S/C11H11N3O3S2/c15-10(13-11-12-5-6-18-11)7-19-9-4-2-1-3-8(9)14(16)17/h1-4H,5-7H2,(H,12,13,15). The van der Waals surface area contributed by atoms with Crippen LogP contribution in [0.2, 0.25) is 0 Å². The van der Waals surface area contributed by atoms with Gasteiger partial charge in [0.05, 0.1) is 22.1 Å². The Balaban J connectivity index is 1.91. The van der Waals surface area contributed by atoms with E-state index in [1.165, 1.54) is 17.8 Å². The number of amidine groups is 1. The van der Waals surface area contributed by atoms with Crippen LogP contribution in [0.1, 0.15) is 0 Å². The number of rotatable bonds is 4. The minimum Gasteiger partial charge on any atom is -0.305 e. The van der Waals surface area contributed by atoms with E-state index in [0.717, 1.165) is 24.1 Å². The maximum atomic E-state index is 11.7. The number of hydrogen-bond donors (Lipinski definition) is 1. The van der Waals surface area contributed by atoms with Crippen molar-refractivity contribution < 1.29 is 9.72 Å². The van der Waals surface area contributed by atoms with E-state index < -0.39 is 4.92 Å². The van der Waals surface area contributed by atoms with E-state index in [1.54, 1.807) is 18.2 Å². The van der Waals surface area contributed by atoms with Gasteiger partial charge in [-0.1, -0.05) is 23.9 Å². The third-order valence-corrected chi connectivity index (χ3v) is 4.21. The molecular formula is C11H11N3O3S2. The summed E-state index contributed by atoms with van der Waals surface area (Å²) in [4.78, 5) is 26.6. The molecule has 0 radical (unpaired) electrons. The Labute approximate surface area is 118 Å². The molecule has 0 fully saturated rings. The van der Waals surface area contributed by atoms with Crippen molar-refractivity contribution in [2.24, 2.45) is 4.99 Å². The van der Waals surface area contributed by atoms with Gasteiger partial charge in [0, 0.05) is 11.8 Å². The highest BCUT2D eigenvalue weighted by Crippen LogP contribution is 2.28. The van der Waals surface area contributed by atoms with E-state index in [1.807, 2.05) is 0 Å². The van der Waals surface area contributed by atoms with Gasteiger partial charge in [0.2, 0.25) is 5.91 Å². The fraction of sp³-hybridized carbons (Fsp3) is 0.273. The normalized spacial score (nSPS) is 14.0. The molecule has 19 heavy (non-hydrogen) atoms. The van der Waals surface area contributed by atoms with Crippen LogP contribution in [0.4, 0.5) is 5.69 Å². The smallest absolute Gasteiger partial charge is 0.282 e. The molecule has 100 valence electrons. The van der Waals surface area contributed by atoms with Crippen molar-refractivity contribution in [2.75, 3.05) is 18.1 Å². The number of carbonyl (C=O) groups is 1. The molecule has 1 heterocycles. The topological polar surface area (TPSA) is 84.6 Å². The third-order valence-electron chi connectivity index (χ3n) is 2.25. The summed E-state index contributed by atoms with van der Waals surface area (Å²) in [6.07, 6.45) is 0. The highest BCUT2D eigenvalue weighted by molar-refractivity contribution is 8.14. The second-order valence-electron chi connectivity index (χ2n) is 3.60. The Morgan fingerprint density at radius 1 is 1.53 bits per heavy atom. The molecule has 8 heteroatoms. The van der Waals surface area contributed by atoms with Gasteiger partial charge in [-0.25, -0.2) is 0 Å². The highest BCUT2D eigenvalue weighted by Gasteiger charge is 2.15. The van der Waals surface area contributed by atoms with E-state index in [9.17, 15) is 14.9 Å². The SMILES string of the molecule is O=C(CSc1ccccc1[N+](=O)[O-])NC1=NCCS1. The first-order valence-electron chi connectivity index (χ1n) is 5.50. The van der Waals surface area contributed by atoms with Crippen molar-refractivity contribution in [1.29, 1.82) is 0 Å². The van der Waals surface area contributed by atoms with E-state index in [0.29, 0.717) is 10.1 Å². The summed E-state index contributed by atoms with van der Waals surface area (Å²) in [5.41, 5.74) is 0.0212. The molecule has 0 spiro atoms. The first kappa shape index (κ1) is 13.9. The molecule has 1 aromatic carbocycles. The van der Waals surface area contributed by atoms with Gasteiger partial charge < -0.3 is 5.32 Å². The Morgan fingerprint density at radius 3 is 3.00 bits per heavy atom. The number of amides is 1. The second kappa shape index (κ2) is 6.58. The number of nitro benzene ring substituents is 1. The zero-order valence-electron chi connectivity index (χ0n) is 9.87. The van der Waals surface area contributed by atoms with Crippen LogP contribution in [-0.2, 0) is 4.79 Å². The minimum absolute atomic E-state index is 0.0212. The molecule has 0 unspecified atom stereocenters. The molecular weight excluding hydrogens is 286 g/mol. The molecule has 1 N–H and O–H groups in total. The fourth-order valence-electron chi connectivity index (χ4n) is 1.44. The van der Waals surface area contributed by atoms with Gasteiger partial charge in [-0.3, -0.25) is 19.9 Å². The van der Waals surface area contributed by atoms with E-state index in [-0.39, 0.29) is 17.3 Å². The molecule has 1 amide bonds. The first-order valence-corrected chi connectivity index (χ1v) is 7.47. The van der Waals surface area contributed by atoms with Gasteiger partial charge in [-0.2, -0.15) is 0 Å². The fourth-order valence-corrected chi connectivity index (χ4v) is 3.01. The van der Waals surface area contributed by atoms with Crippen LogP contribution >= 0.6 is 23.5 Å². The molecule has 1 aliphatic rings. The average molecular weight is 297 g/mol. The quantitative estimate of drug-likeness (QED) is 0.521. The maximum Gasteiger partial charge on any atom is 0.282 e. The second-order valence-corrected chi connectivity index (χ2v) is 5.70. The maximum absolute atomic E-state index is 11.7. The Bertz CT molecular complexity index is 534. The van der Waals surface area contributed by atoms with Gasteiger partial charge in [-0.15, -0.1) is 11.8 Å². The van der Waals surface area contributed by atoms with Gasteiger partial charge in [0.25, 0.3) is 5.69 Å². The molecule has 0 aliphatic carbocycles. The summed E-state index contributed by atoms with van der Waals surface area (Å²) in [6.45, 7) is 0.720. The highest BCUT2D eigenvalue weighted by atomic mass is 32.2. The summed E-state index contributed by atoms with van der Waals surface area (Å²) in [5, 5.41) is 14.1. The number of nitrogens with zero attached hydrogens (tertiary/aromatic N) is 2. The lowest BCUT2D eigenvalue weighted by atomic mass is 10.3. The summed E-state index contributed by atoms with van der Waals surface area (Å²) in [6, 6.07) is 6.38. The largest absolute Gasteiger partial charge is 0.305 e. The van der Waals surface area contributed by atoms with Crippen LogP contribution in [0.3, 0.4) is 0 Å². The predicted molar refractivity (Wildman–Crippen MR) is 76.7 cm³/mol. The Morgan fingerprint density at radius 2 is 2.32 bits per heavy atom. The molecule has 0 atom stereocenters. The molecule has 0 aromatic heterocycles. The van der Waals surface area contributed by atoms with Crippen molar-refractivity contribution in [2.45, 2.75) is 4.90 Å². The minimum atomic E-state index is -0.447. The summed E-state index contributed by atoms with van der Waals surface area (Å²) < 4.78 is 0. The lowest BCUT2D eigenvalue weighted by Crippen LogP contribution is -2.28. The summed E-state index contributed by atoms with van der Waals surface area (Å²) >= 11 is 2.65. The van der Waals surface area contributed by atoms with Crippen LogP contribution in [0.15, 0.2) is 34.2 Å². The average Bonchev–Trinajstić information content (AvgIpc) is 2.89. The van der Waals surface area contributed by atoms with Crippen LogP contribution in [0.5, 0.6) is 0 Å². The predicted octanol–water partition coefficient (Wildman–Crippen LogP) is 1.91. The third kappa shape index (κ3) is 3.97. The number of para-hydroxylation sites is 1. The van der Waals surface area contributed by atoms with E-state index >= 15 is 0 Å². The lowest BCUT2D eigenvalue weighted by Gasteiger charge is -2.04. The number of aliphatic imine (C=N–C) groups is 1. The molecule has 1 aliphatic heterocycles. The molecule has 0 saturated carbocycles. The van der Waals surface area contributed by atoms with Crippen LogP contribution in [-0.4, -0.2) is 34.0 Å². The number of nitrogens with one attached hydrogen (secondary N) is 1. The Hall–Kier alpha value is -1.54. The van der Waals surface area contributed by atoms with Crippen LogP contribution in [0.25, 0.3) is 0 Å². The number of benzene rings is 1. The number of thioether (sulfide) groups is 2. The van der Waals surface area contributed by atoms with Gasteiger partial charge >= 0.3 is 0 Å². The monoisotopic (exact) mass is 297 g/mol. The van der Waals surface area contributed by atoms with Gasteiger partial charge in [-0.05, 0) is 6.07 Å². The van der Waals surface area contributed by atoms with E-state index in [2.05, 4.69) is 10.3 Å². The van der Waals surface area contributed by atoms with Crippen molar-refractivity contribution in [3.8, 4) is 0 Å². The zero-order valence-corrected chi connectivity index (χ0v) is 11.5. The zero-order chi connectivity index (χ0) is 13.7. The van der Waals surface area contributed by atoms with Gasteiger partial charge in [0.15, 0.2) is 5.17 Å². The molecule has 0 bridgehead atoms. The molecule has 6 nitrogen and oxygen atoms in total. The number of carbonyl (C=O) groups excluding carboxylic acids is 1. The van der Waals surface area contributed by atoms with E-state index in [4.69, 9.17) is 0 Å². The number of nitro groups is 1. The lowest BCUT2D eigenvalue weighted by molar-refractivity contribution is -0.387. The number of hydrogen-bond acceptors (Lipinski definition) is 6. The van der Waals surface area contributed by atoms with Crippen molar-refractivity contribution in [3.05, 3.63) is 34.4 Å². The van der Waals surface area contributed by atoms with Crippen molar-refractivity contribution in [3.63, 3.8) is 0 Å². The Kier molecular flexibility index (Phi) is 4.80. The van der Waals surface area contributed by atoms with Crippen LogP contribution in [0, 0.1) is 10.1 Å². The van der Waals surface area contributed by atoms with Crippen molar-refractivity contribution >= 4 is 40.3 Å². The van der Waals surface area contributed by atoms with Crippen molar-refractivity contribution in [1.82, 2.24) is 5.32 Å². The summed E-state index contributed by atoms with van der Waals surface area (Å²) in [7, 11) is 0.